The van der Waals surface area contributed by atoms with Gasteiger partial charge in [0.2, 0.25) is 0 Å². The summed E-state index contributed by atoms with van der Waals surface area (Å²) in [4.78, 5) is 4.74. The highest BCUT2D eigenvalue weighted by molar-refractivity contribution is 9.10. The molecule has 0 saturated heterocycles. The summed E-state index contributed by atoms with van der Waals surface area (Å²) < 4.78 is 7.02. The van der Waals surface area contributed by atoms with Crippen LogP contribution in [0.5, 0.6) is 0 Å². The maximum absolute atomic E-state index is 5.94. The number of thiazole rings is 1. The average molecular weight is 415 g/mol. The fraction of sp³-hybridized carbons (Fsp3) is 0.250. The van der Waals surface area contributed by atoms with Crippen molar-refractivity contribution >= 4 is 27.3 Å². The molecule has 0 aliphatic carbocycles. The van der Waals surface area contributed by atoms with Crippen LogP contribution in [-0.2, 0) is 17.7 Å². The Hall–Kier alpha value is -1.53. The van der Waals surface area contributed by atoms with Crippen LogP contribution in [0, 0.1) is 0 Å². The van der Waals surface area contributed by atoms with Gasteiger partial charge in [-0.2, -0.15) is 0 Å². The molecule has 1 aromatic heterocycles. The van der Waals surface area contributed by atoms with Gasteiger partial charge in [0.05, 0.1) is 18.4 Å². The van der Waals surface area contributed by atoms with Crippen molar-refractivity contribution in [2.75, 3.05) is 13.2 Å². The Morgan fingerprint density at radius 1 is 1.20 bits per heavy atom. The van der Waals surface area contributed by atoms with Gasteiger partial charge in [-0.15, -0.1) is 11.3 Å². The number of hydrogen-bond donors (Lipinski definition) is 1. The van der Waals surface area contributed by atoms with Crippen molar-refractivity contribution in [3.05, 3.63) is 75.2 Å². The summed E-state index contributed by atoms with van der Waals surface area (Å²) in [5.41, 5.74) is 4.94. The Kier molecular flexibility index (Phi) is 5.27. The number of aromatic nitrogens is 1. The Labute approximate surface area is 160 Å². The van der Waals surface area contributed by atoms with E-state index in [0.717, 1.165) is 46.9 Å². The van der Waals surface area contributed by atoms with Gasteiger partial charge < -0.3 is 10.1 Å². The third kappa shape index (κ3) is 4.01. The fourth-order valence-electron chi connectivity index (χ4n) is 3.12. The number of halogens is 1. The van der Waals surface area contributed by atoms with Gasteiger partial charge in [-0.1, -0.05) is 52.3 Å². The Morgan fingerprint density at radius 3 is 3.04 bits per heavy atom. The summed E-state index contributed by atoms with van der Waals surface area (Å²) in [5.74, 6) is 0. The molecule has 0 spiro atoms. The highest BCUT2D eigenvalue weighted by Crippen LogP contribution is 2.27. The maximum atomic E-state index is 5.94. The summed E-state index contributed by atoms with van der Waals surface area (Å²) >= 11 is 5.20. The van der Waals surface area contributed by atoms with Crippen molar-refractivity contribution in [3.8, 4) is 10.6 Å². The molecule has 0 saturated carbocycles. The molecule has 5 heteroatoms. The predicted octanol–water partition coefficient (Wildman–Crippen LogP) is 4.98. The molecule has 3 aromatic rings. The molecule has 0 fully saturated rings. The topological polar surface area (TPSA) is 34.2 Å². The standard InChI is InChI=1S/C20H19BrN2OS/c21-16-6-3-5-15(10-16)20-23-17(13-25-20)11-22-12-19-18-7-2-1-4-14(18)8-9-24-19/h1-7,10,13,19,22H,8-9,11-12H2. The van der Waals surface area contributed by atoms with Gasteiger partial charge >= 0.3 is 0 Å². The lowest BCUT2D eigenvalue weighted by Gasteiger charge is -2.26. The van der Waals surface area contributed by atoms with E-state index in [2.05, 4.69) is 63.0 Å². The zero-order valence-electron chi connectivity index (χ0n) is 13.7. The molecule has 2 aromatic carbocycles. The minimum Gasteiger partial charge on any atom is -0.372 e. The molecule has 1 atom stereocenters. The lowest BCUT2D eigenvalue weighted by atomic mass is 9.97. The van der Waals surface area contributed by atoms with Crippen LogP contribution >= 0.6 is 27.3 Å². The normalized spacial score (nSPS) is 16.6. The number of hydrogen-bond acceptors (Lipinski definition) is 4. The molecule has 0 radical (unpaired) electrons. The summed E-state index contributed by atoms with van der Waals surface area (Å²) in [7, 11) is 0. The van der Waals surface area contributed by atoms with Crippen LogP contribution in [0.3, 0.4) is 0 Å². The lowest BCUT2D eigenvalue weighted by Crippen LogP contribution is -2.27. The van der Waals surface area contributed by atoms with E-state index in [0.29, 0.717) is 0 Å². The van der Waals surface area contributed by atoms with E-state index in [1.807, 2.05) is 12.1 Å². The van der Waals surface area contributed by atoms with Gasteiger partial charge in [-0.25, -0.2) is 4.98 Å². The first kappa shape index (κ1) is 16.9. The fourth-order valence-corrected chi connectivity index (χ4v) is 4.34. The number of rotatable bonds is 5. The Morgan fingerprint density at radius 2 is 2.12 bits per heavy atom. The molecule has 2 heterocycles. The van der Waals surface area contributed by atoms with Crippen molar-refractivity contribution in [1.82, 2.24) is 10.3 Å². The minimum atomic E-state index is 0.133. The van der Waals surface area contributed by atoms with Crippen LogP contribution in [0.15, 0.2) is 58.4 Å². The Bertz CT molecular complexity index is 864. The first-order chi connectivity index (χ1) is 12.3. The van der Waals surface area contributed by atoms with Gasteiger partial charge in [0.25, 0.3) is 0 Å². The molecule has 0 amide bonds. The number of nitrogens with zero attached hydrogens (tertiary/aromatic N) is 1. The van der Waals surface area contributed by atoms with Crippen molar-refractivity contribution in [2.45, 2.75) is 19.1 Å². The summed E-state index contributed by atoms with van der Waals surface area (Å²) in [5, 5.41) is 6.68. The highest BCUT2D eigenvalue weighted by Gasteiger charge is 2.19. The maximum Gasteiger partial charge on any atom is 0.123 e. The average Bonchev–Trinajstić information content (AvgIpc) is 3.11. The van der Waals surface area contributed by atoms with Crippen LogP contribution in [0.25, 0.3) is 10.6 Å². The molecular formula is C20H19BrN2OS. The number of nitrogens with one attached hydrogen (secondary N) is 1. The third-order valence-electron chi connectivity index (χ3n) is 4.35. The molecule has 1 aliphatic rings. The second-order valence-electron chi connectivity index (χ2n) is 6.09. The zero-order chi connectivity index (χ0) is 17.1. The molecule has 4 rings (SSSR count). The predicted molar refractivity (Wildman–Crippen MR) is 106 cm³/mol. The molecule has 1 aliphatic heterocycles. The van der Waals surface area contributed by atoms with Gasteiger partial charge in [-0.3, -0.25) is 0 Å². The second-order valence-corrected chi connectivity index (χ2v) is 7.87. The van der Waals surface area contributed by atoms with Crippen LogP contribution in [0.1, 0.15) is 22.9 Å². The number of fused-ring (bicyclic) bond motifs is 1. The minimum absolute atomic E-state index is 0.133. The van der Waals surface area contributed by atoms with E-state index in [9.17, 15) is 0 Å². The van der Waals surface area contributed by atoms with E-state index >= 15 is 0 Å². The SMILES string of the molecule is Brc1cccc(-c2nc(CNCC3OCCc4ccccc43)cs2)c1. The molecule has 3 nitrogen and oxygen atoms in total. The smallest absolute Gasteiger partial charge is 0.123 e. The molecule has 128 valence electrons. The van der Waals surface area contributed by atoms with Crippen LogP contribution in [0.2, 0.25) is 0 Å². The van der Waals surface area contributed by atoms with Gasteiger partial charge in [0.15, 0.2) is 0 Å². The summed E-state index contributed by atoms with van der Waals surface area (Å²) in [6, 6.07) is 16.8. The zero-order valence-corrected chi connectivity index (χ0v) is 16.1. The molecule has 25 heavy (non-hydrogen) atoms. The van der Waals surface area contributed by atoms with E-state index in [1.54, 1.807) is 11.3 Å². The van der Waals surface area contributed by atoms with E-state index in [4.69, 9.17) is 9.72 Å². The van der Waals surface area contributed by atoms with Crippen molar-refractivity contribution < 1.29 is 4.74 Å². The second kappa shape index (κ2) is 7.79. The van der Waals surface area contributed by atoms with Gasteiger partial charge in [0, 0.05) is 28.5 Å². The first-order valence-corrected chi connectivity index (χ1v) is 10.1. The molecule has 1 N–H and O–H groups in total. The lowest BCUT2D eigenvalue weighted by molar-refractivity contribution is 0.0423. The van der Waals surface area contributed by atoms with Crippen molar-refractivity contribution in [1.29, 1.82) is 0 Å². The first-order valence-electron chi connectivity index (χ1n) is 8.40. The molecule has 1 unspecified atom stereocenters. The number of benzene rings is 2. The molecular weight excluding hydrogens is 396 g/mol. The van der Waals surface area contributed by atoms with Crippen LogP contribution in [-0.4, -0.2) is 18.1 Å². The highest BCUT2D eigenvalue weighted by atomic mass is 79.9. The summed E-state index contributed by atoms with van der Waals surface area (Å²) in [6.45, 7) is 2.36. The van der Waals surface area contributed by atoms with E-state index in [-0.39, 0.29) is 6.10 Å². The monoisotopic (exact) mass is 414 g/mol. The summed E-state index contributed by atoms with van der Waals surface area (Å²) in [6.07, 6.45) is 1.14. The van der Waals surface area contributed by atoms with Crippen molar-refractivity contribution in [2.24, 2.45) is 0 Å². The van der Waals surface area contributed by atoms with Crippen LogP contribution < -0.4 is 5.32 Å². The molecule has 0 bridgehead atoms. The third-order valence-corrected chi connectivity index (χ3v) is 5.79. The number of ether oxygens (including phenoxy) is 1. The quantitative estimate of drug-likeness (QED) is 0.639. The largest absolute Gasteiger partial charge is 0.372 e. The van der Waals surface area contributed by atoms with Crippen molar-refractivity contribution in [3.63, 3.8) is 0 Å². The van der Waals surface area contributed by atoms with E-state index in [1.165, 1.54) is 11.1 Å². The van der Waals surface area contributed by atoms with Crippen LogP contribution in [0.4, 0.5) is 0 Å². The Balaban J connectivity index is 1.37. The van der Waals surface area contributed by atoms with E-state index < -0.39 is 0 Å². The van der Waals surface area contributed by atoms with Gasteiger partial charge in [-0.05, 0) is 29.7 Å². The van der Waals surface area contributed by atoms with Gasteiger partial charge in [0.1, 0.15) is 5.01 Å².